The summed E-state index contributed by atoms with van der Waals surface area (Å²) in [6.07, 6.45) is 5.67. The van der Waals surface area contributed by atoms with Gasteiger partial charge in [-0.05, 0) is 49.2 Å². The minimum absolute atomic E-state index is 0.0254. The molecule has 1 aliphatic rings. The van der Waals surface area contributed by atoms with Crippen LogP contribution in [0, 0.1) is 5.82 Å². The highest BCUT2D eigenvalue weighted by Crippen LogP contribution is 2.31. The lowest BCUT2D eigenvalue weighted by Crippen LogP contribution is -2.36. The van der Waals surface area contributed by atoms with E-state index in [4.69, 9.17) is 4.52 Å². The van der Waals surface area contributed by atoms with E-state index in [1.165, 1.54) is 12.1 Å². The molecule has 0 N–H and O–H groups in total. The number of hydrogen-bond donors (Lipinski definition) is 0. The smallest absolute Gasteiger partial charge is 0.271 e. The van der Waals surface area contributed by atoms with E-state index in [9.17, 15) is 9.18 Å². The van der Waals surface area contributed by atoms with Crippen LogP contribution in [-0.2, 0) is 7.05 Å². The molecule has 0 bridgehead atoms. The molecule has 0 saturated carbocycles. The molecule has 4 rings (SSSR count). The van der Waals surface area contributed by atoms with Crippen LogP contribution in [-0.4, -0.2) is 32.1 Å². The van der Waals surface area contributed by atoms with Crippen molar-refractivity contribution in [3.8, 4) is 11.5 Å². The Morgan fingerprint density at radius 1 is 1.19 bits per heavy atom. The fourth-order valence-electron chi connectivity index (χ4n) is 3.53. The van der Waals surface area contributed by atoms with E-state index in [2.05, 4.69) is 10.1 Å². The van der Waals surface area contributed by atoms with Gasteiger partial charge in [0.1, 0.15) is 11.5 Å². The van der Waals surface area contributed by atoms with Crippen LogP contribution in [0.5, 0.6) is 0 Å². The van der Waals surface area contributed by atoms with Crippen LogP contribution in [0.25, 0.3) is 11.5 Å². The van der Waals surface area contributed by atoms with Crippen LogP contribution in [0.4, 0.5) is 4.39 Å². The Hall–Kier alpha value is -2.96. The summed E-state index contributed by atoms with van der Waals surface area (Å²) >= 11 is 0. The summed E-state index contributed by atoms with van der Waals surface area (Å²) < 4.78 is 20.4. The molecule has 2 aromatic heterocycles. The van der Waals surface area contributed by atoms with Crippen LogP contribution in [0.1, 0.15) is 48.0 Å². The highest BCUT2D eigenvalue weighted by molar-refractivity contribution is 5.93. The second-order valence-electron chi connectivity index (χ2n) is 6.83. The largest absolute Gasteiger partial charge is 0.347 e. The zero-order valence-corrected chi connectivity index (χ0v) is 15.1. The maximum absolute atomic E-state index is 13.1. The van der Waals surface area contributed by atoms with Crippen molar-refractivity contribution in [2.24, 2.45) is 7.05 Å². The van der Waals surface area contributed by atoms with Gasteiger partial charge in [0.25, 0.3) is 11.8 Å². The molecule has 0 aliphatic carbocycles. The number of aromatic nitrogens is 3. The van der Waals surface area contributed by atoms with E-state index in [1.807, 2.05) is 34.8 Å². The number of nitrogens with zero attached hydrogens (tertiary/aromatic N) is 4. The van der Waals surface area contributed by atoms with Gasteiger partial charge in [0.15, 0.2) is 5.82 Å². The third-order valence-corrected chi connectivity index (χ3v) is 5.01. The van der Waals surface area contributed by atoms with Crippen LogP contribution >= 0.6 is 0 Å². The van der Waals surface area contributed by atoms with E-state index in [0.29, 0.717) is 29.5 Å². The molecule has 1 saturated heterocycles. The zero-order valence-electron chi connectivity index (χ0n) is 15.1. The Kier molecular flexibility index (Phi) is 4.75. The first-order chi connectivity index (χ1) is 13.1. The van der Waals surface area contributed by atoms with Gasteiger partial charge in [0, 0.05) is 25.4 Å². The average molecular weight is 368 g/mol. The summed E-state index contributed by atoms with van der Waals surface area (Å²) in [6, 6.07) is 9.38. The Morgan fingerprint density at radius 2 is 2.00 bits per heavy atom. The predicted octanol–water partition coefficient (Wildman–Crippen LogP) is 3.97. The van der Waals surface area contributed by atoms with Gasteiger partial charge in [-0.2, -0.15) is 4.98 Å². The van der Waals surface area contributed by atoms with Crippen molar-refractivity contribution in [3.05, 3.63) is 59.9 Å². The SMILES string of the molecule is Cn1cccc1C(=O)N1CCCCCC1c1noc(-c2ccc(F)cc2)n1. The van der Waals surface area contributed by atoms with Gasteiger partial charge in [-0.15, -0.1) is 0 Å². The highest BCUT2D eigenvalue weighted by atomic mass is 19.1. The molecule has 7 heteroatoms. The van der Waals surface area contributed by atoms with Crippen molar-refractivity contribution in [1.82, 2.24) is 19.6 Å². The summed E-state index contributed by atoms with van der Waals surface area (Å²) in [5.74, 6) is 0.489. The molecular weight excluding hydrogens is 347 g/mol. The maximum atomic E-state index is 13.1. The fourth-order valence-corrected chi connectivity index (χ4v) is 3.53. The number of hydrogen-bond acceptors (Lipinski definition) is 4. The number of likely N-dealkylation sites (tertiary alicyclic amines) is 1. The summed E-state index contributed by atoms with van der Waals surface area (Å²) in [5, 5.41) is 4.14. The summed E-state index contributed by atoms with van der Waals surface area (Å²) in [7, 11) is 1.86. The summed E-state index contributed by atoms with van der Waals surface area (Å²) in [5.41, 5.74) is 1.30. The average Bonchev–Trinajstić information content (AvgIpc) is 3.25. The monoisotopic (exact) mass is 368 g/mol. The van der Waals surface area contributed by atoms with Crippen molar-refractivity contribution in [3.63, 3.8) is 0 Å². The third-order valence-electron chi connectivity index (χ3n) is 5.01. The van der Waals surface area contributed by atoms with Crippen molar-refractivity contribution >= 4 is 5.91 Å². The van der Waals surface area contributed by atoms with Crippen LogP contribution in [0.15, 0.2) is 47.1 Å². The summed E-state index contributed by atoms with van der Waals surface area (Å²) in [4.78, 5) is 19.5. The maximum Gasteiger partial charge on any atom is 0.271 e. The van der Waals surface area contributed by atoms with Crippen molar-refractivity contribution in [1.29, 1.82) is 0 Å². The van der Waals surface area contributed by atoms with Crippen molar-refractivity contribution < 1.29 is 13.7 Å². The molecular formula is C20H21FN4O2. The number of carbonyl (C=O) groups excluding carboxylic acids is 1. The Morgan fingerprint density at radius 3 is 2.74 bits per heavy atom. The van der Waals surface area contributed by atoms with E-state index < -0.39 is 0 Å². The van der Waals surface area contributed by atoms with Crippen LogP contribution < -0.4 is 0 Å². The van der Waals surface area contributed by atoms with Crippen molar-refractivity contribution in [2.45, 2.75) is 31.7 Å². The van der Waals surface area contributed by atoms with Gasteiger partial charge in [-0.25, -0.2) is 4.39 Å². The van der Waals surface area contributed by atoms with Crippen LogP contribution in [0.3, 0.4) is 0 Å². The van der Waals surface area contributed by atoms with E-state index in [0.717, 1.165) is 25.7 Å². The standard InChI is InChI=1S/C20H21FN4O2/c1-24-12-5-7-17(24)20(26)25-13-4-2-3-6-16(25)18-22-19(27-23-18)14-8-10-15(21)11-9-14/h5,7-12,16H,2-4,6,13H2,1H3. The molecule has 1 fully saturated rings. The quantitative estimate of drug-likeness (QED) is 0.702. The van der Waals surface area contributed by atoms with E-state index >= 15 is 0 Å². The lowest BCUT2D eigenvalue weighted by Gasteiger charge is -2.27. The molecule has 0 radical (unpaired) electrons. The first kappa shape index (κ1) is 17.5. The van der Waals surface area contributed by atoms with E-state index in [-0.39, 0.29) is 17.8 Å². The Bertz CT molecular complexity index is 932. The molecule has 1 unspecified atom stereocenters. The molecule has 1 amide bonds. The highest BCUT2D eigenvalue weighted by Gasteiger charge is 2.32. The van der Waals surface area contributed by atoms with Crippen LogP contribution in [0.2, 0.25) is 0 Å². The number of aryl methyl sites for hydroxylation is 1. The first-order valence-corrected chi connectivity index (χ1v) is 9.15. The second kappa shape index (κ2) is 7.34. The normalized spacial score (nSPS) is 17.7. The van der Waals surface area contributed by atoms with Gasteiger partial charge >= 0.3 is 0 Å². The van der Waals surface area contributed by atoms with E-state index in [1.54, 1.807) is 12.1 Å². The lowest BCUT2D eigenvalue weighted by atomic mass is 10.1. The zero-order chi connectivity index (χ0) is 18.8. The minimum Gasteiger partial charge on any atom is -0.347 e. The molecule has 6 nitrogen and oxygen atoms in total. The third kappa shape index (κ3) is 3.49. The number of amides is 1. The fraction of sp³-hybridized carbons (Fsp3) is 0.350. The van der Waals surface area contributed by atoms with Gasteiger partial charge in [0.05, 0.1) is 6.04 Å². The predicted molar refractivity (Wildman–Crippen MR) is 97.4 cm³/mol. The van der Waals surface area contributed by atoms with Gasteiger partial charge in [-0.3, -0.25) is 4.79 Å². The van der Waals surface area contributed by atoms with Gasteiger partial charge in [0.2, 0.25) is 0 Å². The molecule has 140 valence electrons. The molecule has 1 aromatic carbocycles. The summed E-state index contributed by atoms with van der Waals surface area (Å²) in [6.45, 7) is 0.662. The molecule has 27 heavy (non-hydrogen) atoms. The molecule has 1 aliphatic heterocycles. The molecule has 3 aromatic rings. The molecule has 3 heterocycles. The van der Waals surface area contributed by atoms with Gasteiger partial charge < -0.3 is 14.0 Å². The lowest BCUT2D eigenvalue weighted by molar-refractivity contribution is 0.0660. The first-order valence-electron chi connectivity index (χ1n) is 9.15. The Labute approximate surface area is 156 Å². The molecule has 1 atom stereocenters. The van der Waals surface area contributed by atoms with Gasteiger partial charge in [-0.1, -0.05) is 18.0 Å². The number of rotatable bonds is 3. The van der Waals surface area contributed by atoms with Crippen molar-refractivity contribution in [2.75, 3.05) is 6.54 Å². The molecule has 0 spiro atoms. The minimum atomic E-state index is -0.318. The number of benzene rings is 1. The Balaban J connectivity index is 1.64. The number of carbonyl (C=O) groups is 1. The topological polar surface area (TPSA) is 64.2 Å². The second-order valence-corrected chi connectivity index (χ2v) is 6.83. The number of halogens is 1.